The second-order valence-corrected chi connectivity index (χ2v) is 7.81. The molecule has 5 rings (SSSR count). The van der Waals surface area contributed by atoms with Crippen molar-refractivity contribution in [2.75, 3.05) is 5.32 Å². The Hall–Kier alpha value is -1.98. The first-order chi connectivity index (χ1) is 11.5. The van der Waals surface area contributed by atoms with E-state index in [9.17, 15) is 9.59 Å². The zero-order valence-electron chi connectivity index (χ0n) is 13.9. The summed E-state index contributed by atoms with van der Waals surface area (Å²) >= 11 is 0. The number of esters is 1. The SMILES string of the molecule is CC(OC(=O)C12CC3CC(CC(C3)C1)C2)C(=O)Nc1ncccn1. The molecule has 1 aromatic rings. The average Bonchev–Trinajstić information content (AvgIpc) is 2.54. The number of nitrogens with zero attached hydrogens (tertiary/aromatic N) is 2. The lowest BCUT2D eigenvalue weighted by atomic mass is 9.49. The minimum Gasteiger partial charge on any atom is -0.452 e. The fourth-order valence-corrected chi connectivity index (χ4v) is 5.28. The maximum absolute atomic E-state index is 12.8. The Kier molecular flexibility index (Phi) is 3.77. The molecule has 4 aliphatic rings. The number of carbonyl (C=O) groups excluding carboxylic acids is 2. The molecule has 0 spiro atoms. The highest BCUT2D eigenvalue weighted by atomic mass is 16.5. The molecule has 1 heterocycles. The summed E-state index contributed by atoms with van der Waals surface area (Å²) < 4.78 is 5.56. The van der Waals surface area contributed by atoms with Gasteiger partial charge < -0.3 is 4.74 Å². The Morgan fingerprint density at radius 2 is 1.67 bits per heavy atom. The molecular formula is C18H23N3O3. The van der Waals surface area contributed by atoms with Crippen molar-refractivity contribution in [3.05, 3.63) is 18.5 Å². The van der Waals surface area contributed by atoms with Crippen LogP contribution in [-0.4, -0.2) is 27.9 Å². The van der Waals surface area contributed by atoms with Gasteiger partial charge >= 0.3 is 5.97 Å². The lowest BCUT2D eigenvalue weighted by molar-refractivity contribution is -0.177. The van der Waals surface area contributed by atoms with Gasteiger partial charge in [-0.05, 0) is 69.3 Å². The molecule has 1 atom stereocenters. The highest BCUT2D eigenvalue weighted by Gasteiger charge is 2.55. The van der Waals surface area contributed by atoms with Crippen LogP contribution in [0.5, 0.6) is 0 Å². The zero-order chi connectivity index (χ0) is 16.7. The minimum atomic E-state index is -0.839. The zero-order valence-corrected chi connectivity index (χ0v) is 13.9. The Labute approximate surface area is 141 Å². The molecule has 0 aliphatic heterocycles. The maximum Gasteiger partial charge on any atom is 0.312 e. The summed E-state index contributed by atoms with van der Waals surface area (Å²) in [6.45, 7) is 1.61. The Bertz CT molecular complexity index is 611. The summed E-state index contributed by atoms with van der Waals surface area (Å²) in [4.78, 5) is 32.9. The Morgan fingerprint density at radius 3 is 2.21 bits per heavy atom. The topological polar surface area (TPSA) is 81.2 Å². The highest BCUT2D eigenvalue weighted by molar-refractivity contribution is 5.94. The third kappa shape index (κ3) is 2.78. The molecule has 0 aromatic carbocycles. The van der Waals surface area contributed by atoms with Crippen molar-refractivity contribution in [2.45, 2.75) is 51.6 Å². The van der Waals surface area contributed by atoms with Crippen LogP contribution in [0, 0.1) is 23.2 Å². The first-order valence-electron chi connectivity index (χ1n) is 8.83. The van der Waals surface area contributed by atoms with Crippen molar-refractivity contribution in [3.63, 3.8) is 0 Å². The van der Waals surface area contributed by atoms with E-state index in [1.165, 1.54) is 19.3 Å². The van der Waals surface area contributed by atoms with E-state index in [0.717, 1.165) is 19.3 Å². The van der Waals surface area contributed by atoms with Gasteiger partial charge in [0.1, 0.15) is 0 Å². The molecule has 6 heteroatoms. The summed E-state index contributed by atoms with van der Waals surface area (Å²) in [5.74, 6) is 1.67. The monoisotopic (exact) mass is 329 g/mol. The number of rotatable bonds is 4. The van der Waals surface area contributed by atoms with Gasteiger partial charge in [0, 0.05) is 12.4 Å². The molecule has 4 bridgehead atoms. The van der Waals surface area contributed by atoms with E-state index in [2.05, 4.69) is 15.3 Å². The van der Waals surface area contributed by atoms with Crippen LogP contribution in [0.3, 0.4) is 0 Å². The molecule has 1 unspecified atom stereocenters. The number of anilines is 1. The Balaban J connectivity index is 1.39. The predicted octanol–water partition coefficient (Wildman–Crippen LogP) is 2.56. The molecule has 4 saturated carbocycles. The molecule has 4 aliphatic carbocycles. The average molecular weight is 329 g/mol. The Morgan fingerprint density at radius 1 is 1.12 bits per heavy atom. The summed E-state index contributed by atoms with van der Waals surface area (Å²) in [7, 11) is 0. The van der Waals surface area contributed by atoms with Crippen LogP contribution in [0.15, 0.2) is 18.5 Å². The van der Waals surface area contributed by atoms with Gasteiger partial charge in [0.25, 0.3) is 5.91 Å². The van der Waals surface area contributed by atoms with Gasteiger partial charge in [0.15, 0.2) is 6.10 Å². The highest BCUT2D eigenvalue weighted by Crippen LogP contribution is 2.60. The predicted molar refractivity (Wildman–Crippen MR) is 86.8 cm³/mol. The van der Waals surface area contributed by atoms with Crippen LogP contribution in [0.4, 0.5) is 5.95 Å². The number of carbonyl (C=O) groups is 2. The van der Waals surface area contributed by atoms with Gasteiger partial charge in [-0.2, -0.15) is 0 Å². The van der Waals surface area contributed by atoms with Gasteiger partial charge in [-0.1, -0.05) is 0 Å². The fraction of sp³-hybridized carbons (Fsp3) is 0.667. The second-order valence-electron chi connectivity index (χ2n) is 7.81. The van der Waals surface area contributed by atoms with Crippen LogP contribution in [0.1, 0.15) is 45.4 Å². The van der Waals surface area contributed by atoms with Crippen molar-refractivity contribution in [3.8, 4) is 0 Å². The molecule has 1 N–H and O–H groups in total. The minimum absolute atomic E-state index is 0.182. The molecule has 4 fully saturated rings. The van der Waals surface area contributed by atoms with E-state index in [0.29, 0.717) is 17.8 Å². The molecule has 0 radical (unpaired) electrons. The largest absolute Gasteiger partial charge is 0.452 e. The number of aromatic nitrogens is 2. The summed E-state index contributed by atoms with van der Waals surface area (Å²) in [6.07, 6.45) is 8.89. The fourth-order valence-electron chi connectivity index (χ4n) is 5.28. The van der Waals surface area contributed by atoms with Gasteiger partial charge in [0.2, 0.25) is 5.95 Å². The normalized spacial score (nSPS) is 34.6. The van der Waals surface area contributed by atoms with Gasteiger partial charge in [0.05, 0.1) is 5.41 Å². The van der Waals surface area contributed by atoms with Gasteiger partial charge in [-0.3, -0.25) is 14.9 Å². The number of amides is 1. The van der Waals surface area contributed by atoms with E-state index in [1.807, 2.05) is 0 Å². The van der Waals surface area contributed by atoms with Crippen LogP contribution >= 0.6 is 0 Å². The standard InChI is InChI=1S/C18H23N3O3/c1-11(15(22)21-17-19-3-2-4-20-17)24-16(23)18-8-12-5-13(9-18)7-14(6-12)10-18/h2-4,11-14H,5-10H2,1H3,(H,19,20,21,22). The number of ether oxygens (including phenoxy) is 1. The summed E-state index contributed by atoms with van der Waals surface area (Å²) in [6, 6.07) is 1.67. The molecular weight excluding hydrogens is 306 g/mol. The van der Waals surface area contributed by atoms with E-state index in [4.69, 9.17) is 4.74 Å². The third-order valence-corrected chi connectivity index (χ3v) is 5.93. The number of hydrogen-bond donors (Lipinski definition) is 1. The molecule has 6 nitrogen and oxygen atoms in total. The number of nitrogens with one attached hydrogen (secondary N) is 1. The number of hydrogen-bond acceptors (Lipinski definition) is 5. The molecule has 1 amide bonds. The van der Waals surface area contributed by atoms with E-state index < -0.39 is 6.10 Å². The third-order valence-electron chi connectivity index (χ3n) is 5.93. The van der Waals surface area contributed by atoms with Crippen molar-refractivity contribution in [1.82, 2.24) is 9.97 Å². The molecule has 1 aromatic heterocycles. The maximum atomic E-state index is 12.8. The van der Waals surface area contributed by atoms with Gasteiger partial charge in [-0.15, -0.1) is 0 Å². The van der Waals surface area contributed by atoms with Crippen LogP contribution in [-0.2, 0) is 14.3 Å². The lowest BCUT2D eigenvalue weighted by Gasteiger charge is -2.55. The van der Waals surface area contributed by atoms with Crippen molar-refractivity contribution >= 4 is 17.8 Å². The van der Waals surface area contributed by atoms with Gasteiger partial charge in [-0.25, -0.2) is 9.97 Å². The van der Waals surface area contributed by atoms with Crippen molar-refractivity contribution in [1.29, 1.82) is 0 Å². The van der Waals surface area contributed by atoms with Crippen LogP contribution < -0.4 is 5.32 Å². The van der Waals surface area contributed by atoms with Crippen molar-refractivity contribution in [2.24, 2.45) is 23.2 Å². The van der Waals surface area contributed by atoms with E-state index >= 15 is 0 Å². The smallest absolute Gasteiger partial charge is 0.312 e. The molecule has 128 valence electrons. The quantitative estimate of drug-likeness (QED) is 0.859. The van der Waals surface area contributed by atoms with Crippen molar-refractivity contribution < 1.29 is 14.3 Å². The van der Waals surface area contributed by atoms with Crippen LogP contribution in [0.25, 0.3) is 0 Å². The summed E-state index contributed by atoms with van der Waals surface area (Å²) in [5, 5.41) is 2.58. The lowest BCUT2D eigenvalue weighted by Crippen LogP contribution is -2.51. The second kappa shape index (κ2) is 5.83. The van der Waals surface area contributed by atoms with E-state index in [1.54, 1.807) is 25.4 Å². The molecule has 24 heavy (non-hydrogen) atoms. The first kappa shape index (κ1) is 15.5. The van der Waals surface area contributed by atoms with E-state index in [-0.39, 0.29) is 23.2 Å². The summed E-state index contributed by atoms with van der Waals surface area (Å²) in [5.41, 5.74) is -0.341. The molecule has 0 saturated heterocycles. The van der Waals surface area contributed by atoms with Crippen LogP contribution in [0.2, 0.25) is 0 Å². The first-order valence-corrected chi connectivity index (χ1v) is 8.83.